The van der Waals surface area contributed by atoms with E-state index >= 15 is 0 Å². The van der Waals surface area contributed by atoms with Gasteiger partial charge in [-0.2, -0.15) is 0 Å². The van der Waals surface area contributed by atoms with Crippen molar-refractivity contribution in [3.05, 3.63) is 40.9 Å². The quantitative estimate of drug-likeness (QED) is 0.474. The third-order valence-electron chi connectivity index (χ3n) is 5.08. The number of amides is 2. The van der Waals surface area contributed by atoms with E-state index in [1.165, 1.54) is 24.1 Å². The largest absolute Gasteiger partial charge is 0.465 e. The molecule has 0 radical (unpaired) electrons. The second-order valence-electron chi connectivity index (χ2n) is 6.17. The molecule has 2 aliphatic carbocycles. The molecule has 2 fully saturated rings. The van der Waals surface area contributed by atoms with Crippen molar-refractivity contribution in [1.82, 2.24) is 0 Å². The molecule has 4 rings (SSSR count). The van der Waals surface area contributed by atoms with Crippen molar-refractivity contribution >= 4 is 35.1 Å². The van der Waals surface area contributed by atoms with E-state index in [2.05, 4.69) is 4.74 Å². The third kappa shape index (κ3) is 1.89. The molecular formula is C17H14ClNO4. The van der Waals surface area contributed by atoms with E-state index in [9.17, 15) is 14.4 Å². The molecular weight excluding hydrogens is 318 g/mol. The average Bonchev–Trinajstić information content (AvgIpc) is 3.22. The van der Waals surface area contributed by atoms with Gasteiger partial charge in [-0.15, -0.1) is 0 Å². The van der Waals surface area contributed by atoms with Gasteiger partial charge in [0.05, 0.1) is 35.2 Å². The lowest BCUT2D eigenvalue weighted by Gasteiger charge is -2.18. The van der Waals surface area contributed by atoms with E-state index < -0.39 is 5.97 Å². The summed E-state index contributed by atoms with van der Waals surface area (Å²) >= 11 is 6.00. The summed E-state index contributed by atoms with van der Waals surface area (Å²) in [7, 11) is 1.26. The van der Waals surface area contributed by atoms with Gasteiger partial charge in [-0.3, -0.25) is 9.59 Å². The molecule has 1 aliphatic heterocycles. The summed E-state index contributed by atoms with van der Waals surface area (Å²) in [6.07, 6.45) is 4.97. The Hall–Kier alpha value is -2.14. The minimum atomic E-state index is -0.599. The molecule has 6 heteroatoms. The fourth-order valence-corrected chi connectivity index (χ4v) is 4.27. The number of halogens is 1. The van der Waals surface area contributed by atoms with E-state index in [1.54, 1.807) is 6.07 Å². The van der Waals surface area contributed by atoms with Crippen LogP contribution in [0.25, 0.3) is 0 Å². The van der Waals surface area contributed by atoms with Crippen molar-refractivity contribution in [3.8, 4) is 0 Å². The van der Waals surface area contributed by atoms with Gasteiger partial charge in [0.25, 0.3) is 0 Å². The van der Waals surface area contributed by atoms with Gasteiger partial charge in [-0.1, -0.05) is 23.8 Å². The number of fused-ring (bicyclic) bond motifs is 5. The maximum atomic E-state index is 12.7. The van der Waals surface area contributed by atoms with E-state index in [0.717, 1.165) is 6.42 Å². The number of methoxy groups -OCH3 is 1. The molecule has 1 saturated heterocycles. The second kappa shape index (κ2) is 4.93. The summed E-state index contributed by atoms with van der Waals surface area (Å²) in [6.45, 7) is 0. The van der Waals surface area contributed by atoms with Crippen molar-refractivity contribution in [2.24, 2.45) is 23.7 Å². The minimum absolute atomic E-state index is 0.144. The predicted octanol–water partition coefficient (Wildman–Crippen LogP) is 2.44. The van der Waals surface area contributed by atoms with Crippen LogP contribution in [-0.4, -0.2) is 24.9 Å². The van der Waals surface area contributed by atoms with Gasteiger partial charge < -0.3 is 4.74 Å². The first-order valence-corrected chi connectivity index (χ1v) is 7.84. The van der Waals surface area contributed by atoms with E-state index in [-0.39, 0.29) is 46.1 Å². The maximum Gasteiger partial charge on any atom is 0.339 e. The smallest absolute Gasteiger partial charge is 0.339 e. The van der Waals surface area contributed by atoms with Crippen molar-refractivity contribution in [3.63, 3.8) is 0 Å². The third-order valence-corrected chi connectivity index (χ3v) is 5.41. The molecule has 1 heterocycles. The van der Waals surface area contributed by atoms with Crippen molar-refractivity contribution in [2.75, 3.05) is 12.0 Å². The lowest BCUT2D eigenvalue weighted by atomic mass is 9.85. The Bertz CT molecular complexity index is 742. The number of rotatable bonds is 2. The highest BCUT2D eigenvalue weighted by Crippen LogP contribution is 2.53. The molecule has 3 aliphatic rings. The van der Waals surface area contributed by atoms with Gasteiger partial charge in [-0.25, -0.2) is 9.69 Å². The SMILES string of the molecule is COC(=O)c1cc(N2C(=O)C3C4C=CC(C4)C3C2=O)ccc1Cl. The summed E-state index contributed by atoms with van der Waals surface area (Å²) < 4.78 is 4.69. The monoisotopic (exact) mass is 331 g/mol. The Balaban J connectivity index is 1.73. The lowest BCUT2D eigenvalue weighted by molar-refractivity contribution is -0.123. The zero-order chi connectivity index (χ0) is 16.3. The Morgan fingerprint density at radius 1 is 1.17 bits per heavy atom. The lowest BCUT2D eigenvalue weighted by Crippen LogP contribution is -2.33. The summed E-state index contributed by atoms with van der Waals surface area (Å²) in [5, 5.41) is 0.224. The number of hydrogen-bond donors (Lipinski definition) is 0. The van der Waals surface area contributed by atoms with E-state index in [1.807, 2.05) is 12.2 Å². The molecule has 2 amide bonds. The number of allylic oxidation sites excluding steroid dienone is 2. The zero-order valence-corrected chi connectivity index (χ0v) is 13.1. The highest BCUT2D eigenvalue weighted by Gasteiger charge is 2.59. The highest BCUT2D eigenvalue weighted by atomic mass is 35.5. The molecule has 4 unspecified atom stereocenters. The summed E-state index contributed by atoms with van der Waals surface area (Å²) in [6, 6.07) is 4.53. The second-order valence-corrected chi connectivity index (χ2v) is 6.57. The molecule has 2 bridgehead atoms. The van der Waals surface area contributed by atoms with Gasteiger partial charge in [0.1, 0.15) is 0 Å². The number of benzene rings is 1. The Labute approximate surface area is 137 Å². The maximum absolute atomic E-state index is 12.7. The Morgan fingerprint density at radius 3 is 2.35 bits per heavy atom. The topological polar surface area (TPSA) is 63.7 Å². The number of imide groups is 1. The van der Waals surface area contributed by atoms with Gasteiger partial charge >= 0.3 is 5.97 Å². The van der Waals surface area contributed by atoms with Crippen LogP contribution in [0.3, 0.4) is 0 Å². The molecule has 23 heavy (non-hydrogen) atoms. The average molecular weight is 332 g/mol. The van der Waals surface area contributed by atoms with Gasteiger partial charge in [0, 0.05) is 0 Å². The van der Waals surface area contributed by atoms with Gasteiger partial charge in [0.2, 0.25) is 11.8 Å². The molecule has 1 aromatic rings. The van der Waals surface area contributed by atoms with Crippen LogP contribution in [0.15, 0.2) is 30.4 Å². The number of hydrogen-bond acceptors (Lipinski definition) is 4. The van der Waals surface area contributed by atoms with Crippen LogP contribution < -0.4 is 4.90 Å². The fraction of sp³-hybridized carbons (Fsp3) is 0.353. The predicted molar refractivity (Wildman–Crippen MR) is 83.0 cm³/mol. The number of ether oxygens (including phenoxy) is 1. The minimum Gasteiger partial charge on any atom is -0.465 e. The molecule has 0 N–H and O–H groups in total. The number of carbonyl (C=O) groups excluding carboxylic acids is 3. The molecule has 0 spiro atoms. The van der Waals surface area contributed by atoms with Crippen LogP contribution in [0.4, 0.5) is 5.69 Å². The van der Waals surface area contributed by atoms with Gasteiger partial charge in [0.15, 0.2) is 0 Å². The Morgan fingerprint density at radius 2 is 1.78 bits per heavy atom. The molecule has 118 valence electrons. The molecule has 1 aromatic carbocycles. The molecule has 0 aromatic heterocycles. The molecule has 4 atom stereocenters. The van der Waals surface area contributed by atoms with Crippen molar-refractivity contribution in [2.45, 2.75) is 6.42 Å². The number of nitrogens with zero attached hydrogens (tertiary/aromatic N) is 1. The van der Waals surface area contributed by atoms with E-state index in [0.29, 0.717) is 5.69 Å². The first-order valence-electron chi connectivity index (χ1n) is 7.47. The summed E-state index contributed by atoms with van der Waals surface area (Å²) in [5.41, 5.74) is 0.518. The van der Waals surface area contributed by atoms with Crippen LogP contribution >= 0.6 is 11.6 Å². The highest BCUT2D eigenvalue weighted by molar-refractivity contribution is 6.34. The fourth-order valence-electron chi connectivity index (χ4n) is 4.08. The number of carbonyl (C=O) groups is 3. The van der Waals surface area contributed by atoms with Crippen LogP contribution in [0, 0.1) is 23.7 Å². The van der Waals surface area contributed by atoms with Crippen LogP contribution in [-0.2, 0) is 14.3 Å². The van der Waals surface area contributed by atoms with Crippen LogP contribution in [0.1, 0.15) is 16.8 Å². The van der Waals surface area contributed by atoms with Crippen molar-refractivity contribution < 1.29 is 19.1 Å². The van der Waals surface area contributed by atoms with Crippen LogP contribution in [0.5, 0.6) is 0 Å². The zero-order valence-electron chi connectivity index (χ0n) is 12.4. The number of anilines is 1. The standard InChI is InChI=1S/C17H14ClNO4/c1-23-17(22)11-7-10(4-5-12(11)18)19-15(20)13-8-2-3-9(6-8)14(13)16(19)21/h2-5,7-9,13-14H,6H2,1H3. The Kier molecular flexibility index (Phi) is 3.10. The van der Waals surface area contributed by atoms with Crippen molar-refractivity contribution in [1.29, 1.82) is 0 Å². The van der Waals surface area contributed by atoms with Crippen LogP contribution in [0.2, 0.25) is 5.02 Å². The number of esters is 1. The summed E-state index contributed by atoms with van der Waals surface area (Å²) in [5.74, 6) is -1.20. The normalized spacial score (nSPS) is 31.0. The van der Waals surface area contributed by atoms with E-state index in [4.69, 9.17) is 11.6 Å². The molecule has 1 saturated carbocycles. The first-order chi connectivity index (χ1) is 11.0. The first kappa shape index (κ1) is 14.5. The summed E-state index contributed by atoms with van der Waals surface area (Å²) in [4.78, 5) is 38.5. The van der Waals surface area contributed by atoms with Gasteiger partial charge in [-0.05, 0) is 36.5 Å². The molecule has 5 nitrogen and oxygen atoms in total.